The van der Waals surface area contributed by atoms with Gasteiger partial charge < -0.3 is 4.98 Å². The lowest BCUT2D eigenvalue weighted by Crippen LogP contribution is -1.91. The summed E-state index contributed by atoms with van der Waals surface area (Å²) in [4.78, 5) is 7.70. The van der Waals surface area contributed by atoms with Gasteiger partial charge in [-0.3, -0.25) is 0 Å². The van der Waals surface area contributed by atoms with Crippen LogP contribution in [-0.4, -0.2) is 9.97 Å². The van der Waals surface area contributed by atoms with Crippen molar-refractivity contribution in [2.24, 2.45) is 0 Å². The van der Waals surface area contributed by atoms with Gasteiger partial charge in [0.1, 0.15) is 5.82 Å². The molecule has 1 aromatic carbocycles. The second-order valence-corrected chi connectivity index (χ2v) is 5.79. The van der Waals surface area contributed by atoms with E-state index in [-0.39, 0.29) is 0 Å². The number of aromatic amines is 1. The fraction of sp³-hybridized carbons (Fsp3) is 0.0714. The van der Waals surface area contributed by atoms with Gasteiger partial charge in [0.25, 0.3) is 0 Å². The molecule has 0 bridgehead atoms. The first kappa shape index (κ1) is 12.7. The molecule has 2 aromatic heterocycles. The normalized spacial score (nSPS) is 10.8. The van der Waals surface area contributed by atoms with E-state index in [4.69, 9.17) is 23.2 Å². The van der Waals surface area contributed by atoms with E-state index in [9.17, 15) is 0 Å². The number of aromatic nitrogens is 2. The van der Waals surface area contributed by atoms with Crippen molar-refractivity contribution >= 4 is 34.5 Å². The predicted molar refractivity (Wildman–Crippen MR) is 81.2 cm³/mol. The standard InChI is InChI=1S/C14H10Cl2N2S/c15-11-2-1-9(12(16)6-11)5-14-17-7-13(18-14)10-3-4-19-8-10/h1-4,6-8H,5H2,(H,17,18). The SMILES string of the molecule is Clc1ccc(Cc2ncc(-c3ccsc3)[nH]2)c(Cl)c1. The van der Waals surface area contributed by atoms with E-state index in [1.54, 1.807) is 17.4 Å². The third-order valence-electron chi connectivity index (χ3n) is 2.83. The second-order valence-electron chi connectivity index (χ2n) is 4.17. The zero-order chi connectivity index (χ0) is 13.2. The zero-order valence-electron chi connectivity index (χ0n) is 9.86. The molecule has 96 valence electrons. The van der Waals surface area contributed by atoms with Crippen LogP contribution >= 0.6 is 34.5 Å². The van der Waals surface area contributed by atoms with Gasteiger partial charge in [0.2, 0.25) is 0 Å². The highest BCUT2D eigenvalue weighted by Gasteiger charge is 2.07. The van der Waals surface area contributed by atoms with Gasteiger partial charge in [-0.25, -0.2) is 4.98 Å². The molecule has 1 N–H and O–H groups in total. The molecule has 19 heavy (non-hydrogen) atoms. The van der Waals surface area contributed by atoms with Gasteiger partial charge in [-0.2, -0.15) is 11.3 Å². The third kappa shape index (κ3) is 2.84. The molecular formula is C14H10Cl2N2S. The van der Waals surface area contributed by atoms with E-state index < -0.39 is 0 Å². The number of imidazole rings is 1. The van der Waals surface area contributed by atoms with Crippen molar-refractivity contribution in [3.05, 3.63) is 62.7 Å². The summed E-state index contributed by atoms with van der Waals surface area (Å²) in [7, 11) is 0. The van der Waals surface area contributed by atoms with Crippen molar-refractivity contribution in [2.45, 2.75) is 6.42 Å². The third-order valence-corrected chi connectivity index (χ3v) is 4.10. The summed E-state index contributed by atoms with van der Waals surface area (Å²) in [5.41, 5.74) is 3.20. The molecule has 0 aliphatic rings. The van der Waals surface area contributed by atoms with Gasteiger partial charge in [-0.05, 0) is 29.1 Å². The van der Waals surface area contributed by atoms with Gasteiger partial charge in [0, 0.05) is 27.4 Å². The Morgan fingerprint density at radius 3 is 2.84 bits per heavy atom. The van der Waals surface area contributed by atoms with E-state index in [0.717, 1.165) is 22.6 Å². The summed E-state index contributed by atoms with van der Waals surface area (Å²) in [6.07, 6.45) is 2.52. The number of halogens is 2. The molecule has 0 atom stereocenters. The minimum Gasteiger partial charge on any atom is -0.342 e. The maximum absolute atomic E-state index is 6.16. The largest absolute Gasteiger partial charge is 0.342 e. The highest BCUT2D eigenvalue weighted by molar-refractivity contribution is 7.08. The van der Waals surface area contributed by atoms with Crippen LogP contribution in [0.2, 0.25) is 10.0 Å². The van der Waals surface area contributed by atoms with Crippen LogP contribution in [0, 0.1) is 0 Å². The molecule has 2 heterocycles. The molecule has 3 aromatic rings. The lowest BCUT2D eigenvalue weighted by molar-refractivity contribution is 1.03. The molecule has 0 spiro atoms. The van der Waals surface area contributed by atoms with Gasteiger partial charge in [0.15, 0.2) is 0 Å². The Bertz CT molecular complexity index is 689. The molecule has 0 amide bonds. The van der Waals surface area contributed by atoms with Crippen LogP contribution in [0.5, 0.6) is 0 Å². The van der Waals surface area contributed by atoms with Gasteiger partial charge in [-0.1, -0.05) is 29.3 Å². The molecule has 0 saturated carbocycles. The first-order valence-electron chi connectivity index (χ1n) is 5.73. The first-order chi connectivity index (χ1) is 9.22. The van der Waals surface area contributed by atoms with Crippen molar-refractivity contribution in [1.82, 2.24) is 9.97 Å². The summed E-state index contributed by atoms with van der Waals surface area (Å²) in [6.45, 7) is 0. The lowest BCUT2D eigenvalue weighted by Gasteiger charge is -2.02. The highest BCUT2D eigenvalue weighted by atomic mass is 35.5. The number of rotatable bonds is 3. The number of thiophene rings is 1. The van der Waals surface area contributed by atoms with Gasteiger partial charge in [0.05, 0.1) is 11.9 Å². The Kier molecular flexibility index (Phi) is 3.60. The Morgan fingerprint density at radius 2 is 2.11 bits per heavy atom. The Morgan fingerprint density at radius 1 is 1.21 bits per heavy atom. The van der Waals surface area contributed by atoms with Crippen LogP contribution in [0.3, 0.4) is 0 Å². The minimum atomic E-state index is 0.646. The molecule has 0 radical (unpaired) electrons. The topological polar surface area (TPSA) is 28.7 Å². The Hall–Kier alpha value is -1.29. The Balaban J connectivity index is 1.84. The molecule has 0 unspecified atom stereocenters. The van der Waals surface area contributed by atoms with Crippen molar-refractivity contribution in [1.29, 1.82) is 0 Å². The van der Waals surface area contributed by atoms with Crippen LogP contribution in [0.25, 0.3) is 11.3 Å². The fourth-order valence-electron chi connectivity index (χ4n) is 1.86. The maximum atomic E-state index is 6.16. The second kappa shape index (κ2) is 5.37. The molecule has 2 nitrogen and oxygen atoms in total. The van der Waals surface area contributed by atoms with Crippen molar-refractivity contribution in [3.63, 3.8) is 0 Å². The van der Waals surface area contributed by atoms with Crippen LogP contribution < -0.4 is 0 Å². The summed E-state index contributed by atoms with van der Waals surface area (Å²) < 4.78 is 0. The molecule has 0 saturated heterocycles. The van der Waals surface area contributed by atoms with Crippen LogP contribution in [-0.2, 0) is 6.42 Å². The minimum absolute atomic E-state index is 0.646. The van der Waals surface area contributed by atoms with Crippen molar-refractivity contribution < 1.29 is 0 Å². The van der Waals surface area contributed by atoms with E-state index in [1.165, 1.54) is 0 Å². The summed E-state index contributed by atoms with van der Waals surface area (Å²) in [5.74, 6) is 0.894. The molecule has 0 fully saturated rings. The first-order valence-corrected chi connectivity index (χ1v) is 7.42. The molecular weight excluding hydrogens is 299 g/mol. The lowest BCUT2D eigenvalue weighted by atomic mass is 10.1. The quantitative estimate of drug-likeness (QED) is 0.721. The van der Waals surface area contributed by atoms with Crippen LogP contribution in [0.15, 0.2) is 41.2 Å². The zero-order valence-corrected chi connectivity index (χ0v) is 12.2. The van der Waals surface area contributed by atoms with E-state index in [2.05, 4.69) is 21.4 Å². The smallest absolute Gasteiger partial charge is 0.110 e. The van der Waals surface area contributed by atoms with E-state index in [0.29, 0.717) is 16.5 Å². The molecule has 5 heteroatoms. The number of hydrogen-bond donors (Lipinski definition) is 1. The van der Waals surface area contributed by atoms with Crippen LogP contribution in [0.4, 0.5) is 0 Å². The predicted octanol–water partition coefficient (Wildman–Crippen LogP) is 5.04. The van der Waals surface area contributed by atoms with Gasteiger partial charge in [-0.15, -0.1) is 0 Å². The molecule has 0 aliphatic carbocycles. The summed E-state index contributed by atoms with van der Waals surface area (Å²) in [6, 6.07) is 7.58. The van der Waals surface area contributed by atoms with E-state index in [1.807, 2.05) is 23.7 Å². The fourth-order valence-corrected chi connectivity index (χ4v) is 2.99. The average Bonchev–Trinajstić information content (AvgIpc) is 3.03. The molecule has 0 aliphatic heterocycles. The number of nitrogens with zero attached hydrogens (tertiary/aromatic N) is 1. The number of nitrogens with one attached hydrogen (secondary N) is 1. The maximum Gasteiger partial charge on any atom is 0.110 e. The molecule has 3 rings (SSSR count). The average molecular weight is 309 g/mol. The number of benzene rings is 1. The van der Waals surface area contributed by atoms with Crippen LogP contribution in [0.1, 0.15) is 11.4 Å². The highest BCUT2D eigenvalue weighted by Crippen LogP contribution is 2.24. The van der Waals surface area contributed by atoms with Gasteiger partial charge >= 0.3 is 0 Å². The number of H-pyrrole nitrogens is 1. The number of hydrogen-bond acceptors (Lipinski definition) is 2. The Labute approximate surface area is 125 Å². The monoisotopic (exact) mass is 308 g/mol. The summed E-state index contributed by atoms with van der Waals surface area (Å²) in [5, 5.41) is 5.45. The van der Waals surface area contributed by atoms with Crippen molar-refractivity contribution in [3.8, 4) is 11.3 Å². The summed E-state index contributed by atoms with van der Waals surface area (Å²) >= 11 is 13.7. The van der Waals surface area contributed by atoms with E-state index >= 15 is 0 Å². The van der Waals surface area contributed by atoms with Crippen molar-refractivity contribution in [2.75, 3.05) is 0 Å².